The van der Waals surface area contributed by atoms with Crippen LogP contribution in [-0.4, -0.2) is 75.3 Å². The molecule has 5 nitrogen and oxygen atoms in total. The van der Waals surface area contributed by atoms with Gasteiger partial charge in [-0.1, -0.05) is 27.2 Å². The highest BCUT2D eigenvalue weighted by molar-refractivity contribution is 5.80. The Morgan fingerprint density at radius 2 is 1.92 bits per heavy atom. The van der Waals surface area contributed by atoms with E-state index in [1.165, 1.54) is 45.3 Å². The number of aliphatic imine (C=N–C) groups is 1. The smallest absolute Gasteiger partial charge is 0.193 e. The number of hydrogen-bond acceptors (Lipinski definition) is 3. The van der Waals surface area contributed by atoms with E-state index >= 15 is 0 Å². The molecule has 0 bridgehead atoms. The van der Waals surface area contributed by atoms with Crippen LogP contribution in [0.25, 0.3) is 0 Å². The summed E-state index contributed by atoms with van der Waals surface area (Å²) in [5.41, 5.74) is 0.127. The van der Waals surface area contributed by atoms with Crippen LogP contribution in [0.3, 0.4) is 0 Å². The number of ether oxygens (including phenoxy) is 1. The molecule has 0 aromatic heterocycles. The highest BCUT2D eigenvalue weighted by atomic mass is 16.5. The first-order valence-electron chi connectivity index (χ1n) is 9.64. The molecule has 1 N–H and O–H groups in total. The van der Waals surface area contributed by atoms with Crippen molar-refractivity contribution in [3.63, 3.8) is 0 Å². The Morgan fingerprint density at radius 1 is 1.21 bits per heavy atom. The van der Waals surface area contributed by atoms with Gasteiger partial charge in [-0.15, -0.1) is 0 Å². The minimum atomic E-state index is 0.127. The Morgan fingerprint density at radius 3 is 2.50 bits per heavy atom. The van der Waals surface area contributed by atoms with E-state index in [1.807, 2.05) is 7.05 Å². The number of hydrogen-bond donors (Lipinski definition) is 1. The van der Waals surface area contributed by atoms with E-state index in [-0.39, 0.29) is 11.5 Å². The van der Waals surface area contributed by atoms with Gasteiger partial charge >= 0.3 is 0 Å². The van der Waals surface area contributed by atoms with E-state index in [9.17, 15) is 0 Å². The van der Waals surface area contributed by atoms with E-state index < -0.39 is 0 Å². The lowest BCUT2D eigenvalue weighted by Crippen LogP contribution is -2.46. The third-order valence-corrected chi connectivity index (χ3v) is 5.46. The molecule has 0 saturated carbocycles. The minimum absolute atomic E-state index is 0.127. The molecule has 0 aromatic rings. The maximum Gasteiger partial charge on any atom is 0.193 e. The van der Waals surface area contributed by atoms with E-state index in [1.54, 1.807) is 7.11 Å². The number of rotatable bonds is 5. The number of likely N-dealkylation sites (tertiary alicyclic amines) is 2. The minimum Gasteiger partial charge on any atom is -0.379 e. The second kappa shape index (κ2) is 9.04. The van der Waals surface area contributed by atoms with Gasteiger partial charge in [-0.05, 0) is 43.7 Å². The lowest BCUT2D eigenvalue weighted by atomic mass is 9.89. The Labute approximate surface area is 148 Å². The van der Waals surface area contributed by atoms with Crippen LogP contribution in [-0.2, 0) is 4.74 Å². The van der Waals surface area contributed by atoms with Gasteiger partial charge in [0.1, 0.15) is 0 Å². The molecule has 0 spiro atoms. The summed E-state index contributed by atoms with van der Waals surface area (Å²) in [6.07, 6.45) is 5.64. The van der Waals surface area contributed by atoms with Crippen LogP contribution in [0.15, 0.2) is 4.99 Å². The summed E-state index contributed by atoms with van der Waals surface area (Å²) in [5.74, 6) is 1.81. The monoisotopic (exact) mass is 338 g/mol. The van der Waals surface area contributed by atoms with E-state index in [0.717, 1.165) is 31.5 Å². The summed E-state index contributed by atoms with van der Waals surface area (Å²) >= 11 is 0. The Bertz CT molecular complexity index is 399. The first-order chi connectivity index (χ1) is 11.4. The second-order valence-corrected chi connectivity index (χ2v) is 8.48. The third-order valence-electron chi connectivity index (χ3n) is 5.46. The highest BCUT2D eigenvalue weighted by Crippen LogP contribution is 2.22. The maximum absolute atomic E-state index is 5.65. The fraction of sp³-hybridized carbons (Fsp3) is 0.947. The highest BCUT2D eigenvalue weighted by Gasteiger charge is 2.29. The van der Waals surface area contributed by atoms with Crippen molar-refractivity contribution < 1.29 is 4.74 Å². The van der Waals surface area contributed by atoms with Crippen molar-refractivity contribution in [1.29, 1.82) is 0 Å². The van der Waals surface area contributed by atoms with Crippen LogP contribution in [0, 0.1) is 11.3 Å². The van der Waals surface area contributed by atoms with Gasteiger partial charge in [-0.25, -0.2) is 0 Å². The fourth-order valence-corrected chi connectivity index (χ4v) is 3.94. The molecule has 5 heteroatoms. The quantitative estimate of drug-likeness (QED) is 0.617. The summed E-state index contributed by atoms with van der Waals surface area (Å²) in [6, 6.07) is 0. The largest absolute Gasteiger partial charge is 0.379 e. The molecule has 2 unspecified atom stereocenters. The standard InChI is InChI=1S/C19H38N4O/c1-19(2,3)17(24-5)13-21-18(20-4)23-12-9-16(15-23)14-22-10-7-6-8-11-22/h16-17H,6-15H2,1-5H3,(H,20,21). The fourth-order valence-electron chi connectivity index (χ4n) is 3.94. The van der Waals surface area contributed by atoms with Crippen LogP contribution in [0.4, 0.5) is 0 Å². The Kier molecular flexibility index (Phi) is 7.35. The summed E-state index contributed by atoms with van der Waals surface area (Å²) < 4.78 is 5.65. The van der Waals surface area contributed by atoms with Crippen molar-refractivity contribution in [2.24, 2.45) is 16.3 Å². The predicted octanol–water partition coefficient (Wildman–Crippen LogP) is 2.43. The first kappa shape index (κ1) is 19.5. The van der Waals surface area contributed by atoms with Crippen molar-refractivity contribution in [1.82, 2.24) is 15.1 Å². The Hall–Kier alpha value is -0.810. The van der Waals surface area contributed by atoms with Crippen molar-refractivity contribution in [3.8, 4) is 0 Å². The molecule has 0 aliphatic carbocycles. The van der Waals surface area contributed by atoms with Crippen LogP contribution in [0.1, 0.15) is 46.5 Å². The molecular weight excluding hydrogens is 300 g/mol. The van der Waals surface area contributed by atoms with Gasteiger partial charge in [0.2, 0.25) is 0 Å². The molecule has 2 aliphatic rings. The molecule has 140 valence electrons. The summed E-state index contributed by atoms with van der Waals surface area (Å²) in [5, 5.41) is 3.53. The average molecular weight is 339 g/mol. The molecule has 2 fully saturated rings. The van der Waals surface area contributed by atoms with E-state index in [2.05, 4.69) is 40.9 Å². The summed E-state index contributed by atoms with van der Waals surface area (Å²) in [6.45, 7) is 13.6. The van der Waals surface area contributed by atoms with Gasteiger partial charge < -0.3 is 19.9 Å². The van der Waals surface area contributed by atoms with Gasteiger partial charge in [0, 0.05) is 40.3 Å². The topological polar surface area (TPSA) is 40.1 Å². The molecule has 0 radical (unpaired) electrons. The second-order valence-electron chi connectivity index (χ2n) is 8.48. The van der Waals surface area contributed by atoms with Gasteiger partial charge in [0.25, 0.3) is 0 Å². The lowest BCUT2D eigenvalue weighted by Gasteiger charge is -2.31. The van der Waals surface area contributed by atoms with Crippen molar-refractivity contribution in [2.75, 3.05) is 53.4 Å². The molecule has 2 rings (SSSR count). The molecule has 24 heavy (non-hydrogen) atoms. The van der Waals surface area contributed by atoms with Crippen molar-refractivity contribution in [2.45, 2.75) is 52.6 Å². The zero-order valence-corrected chi connectivity index (χ0v) is 16.5. The van der Waals surface area contributed by atoms with Crippen LogP contribution < -0.4 is 5.32 Å². The van der Waals surface area contributed by atoms with Gasteiger partial charge in [0.15, 0.2) is 5.96 Å². The zero-order valence-electron chi connectivity index (χ0n) is 16.5. The molecular formula is C19H38N4O. The zero-order chi connectivity index (χ0) is 17.6. The first-order valence-corrected chi connectivity index (χ1v) is 9.64. The number of nitrogens with zero attached hydrogens (tertiary/aromatic N) is 3. The molecule has 2 saturated heterocycles. The van der Waals surface area contributed by atoms with Gasteiger partial charge in [-0.2, -0.15) is 0 Å². The van der Waals surface area contributed by atoms with Gasteiger partial charge in [0.05, 0.1) is 6.10 Å². The molecule has 0 aromatic carbocycles. The SMILES string of the molecule is CN=C(NCC(OC)C(C)(C)C)N1CCC(CN2CCCCC2)C1. The van der Waals surface area contributed by atoms with Crippen LogP contribution in [0.5, 0.6) is 0 Å². The summed E-state index contributed by atoms with van der Waals surface area (Å²) in [7, 11) is 3.68. The number of guanidine groups is 1. The molecule has 2 heterocycles. The maximum atomic E-state index is 5.65. The van der Waals surface area contributed by atoms with Crippen molar-refractivity contribution >= 4 is 5.96 Å². The van der Waals surface area contributed by atoms with Crippen molar-refractivity contribution in [3.05, 3.63) is 0 Å². The Balaban J connectivity index is 1.79. The third kappa shape index (κ3) is 5.62. The normalized spacial score (nSPS) is 25.1. The molecule has 0 amide bonds. The molecule has 2 aliphatic heterocycles. The van der Waals surface area contributed by atoms with E-state index in [4.69, 9.17) is 4.74 Å². The van der Waals surface area contributed by atoms with Crippen LogP contribution in [0.2, 0.25) is 0 Å². The average Bonchev–Trinajstić information content (AvgIpc) is 2.99. The van der Waals surface area contributed by atoms with E-state index in [0.29, 0.717) is 0 Å². The number of piperidine rings is 1. The van der Waals surface area contributed by atoms with Gasteiger partial charge in [-0.3, -0.25) is 4.99 Å². The summed E-state index contributed by atoms with van der Waals surface area (Å²) in [4.78, 5) is 9.58. The van der Waals surface area contributed by atoms with Crippen LogP contribution >= 0.6 is 0 Å². The number of nitrogens with one attached hydrogen (secondary N) is 1. The predicted molar refractivity (Wildman–Crippen MR) is 102 cm³/mol. The number of methoxy groups -OCH3 is 1. The lowest BCUT2D eigenvalue weighted by molar-refractivity contribution is 0.0202. The molecule has 2 atom stereocenters.